The SMILES string of the molecule is COc1ccc(C(=O)Nc2ccc(F)c(C34COCCC3SN(C)C(=N)N4)c2)nc1. The predicted molar refractivity (Wildman–Crippen MR) is 112 cm³/mol. The molecule has 1 aromatic heterocycles. The summed E-state index contributed by atoms with van der Waals surface area (Å²) >= 11 is 1.49. The summed E-state index contributed by atoms with van der Waals surface area (Å²) in [5, 5.41) is 14.1. The molecule has 10 heteroatoms. The van der Waals surface area contributed by atoms with Gasteiger partial charge in [-0.1, -0.05) is 0 Å². The Bertz CT molecular complexity index is 973. The lowest BCUT2D eigenvalue weighted by atomic mass is 9.83. The van der Waals surface area contributed by atoms with Gasteiger partial charge in [0.05, 0.1) is 25.2 Å². The Hall–Kier alpha value is -2.85. The molecule has 8 nitrogen and oxygen atoms in total. The third-order valence-corrected chi connectivity index (χ3v) is 6.65. The van der Waals surface area contributed by atoms with E-state index in [9.17, 15) is 9.18 Å². The van der Waals surface area contributed by atoms with Gasteiger partial charge in [0.15, 0.2) is 0 Å². The Morgan fingerprint density at radius 2 is 2.30 bits per heavy atom. The van der Waals surface area contributed by atoms with Crippen LogP contribution in [-0.4, -0.2) is 53.8 Å². The Morgan fingerprint density at radius 3 is 3.03 bits per heavy atom. The number of ether oxygens (including phenoxy) is 2. The lowest BCUT2D eigenvalue weighted by Gasteiger charge is -2.50. The number of aromatic nitrogens is 1. The van der Waals surface area contributed by atoms with Crippen molar-refractivity contribution < 1.29 is 18.7 Å². The van der Waals surface area contributed by atoms with E-state index < -0.39 is 17.3 Å². The van der Waals surface area contributed by atoms with E-state index in [1.165, 1.54) is 37.4 Å². The second-order valence-electron chi connectivity index (χ2n) is 7.11. The molecule has 2 saturated heterocycles. The Morgan fingerprint density at radius 1 is 1.47 bits per heavy atom. The molecule has 30 heavy (non-hydrogen) atoms. The number of rotatable bonds is 4. The van der Waals surface area contributed by atoms with Gasteiger partial charge in [0.1, 0.15) is 22.8 Å². The molecular weight excluding hydrogens is 409 g/mol. The largest absolute Gasteiger partial charge is 0.495 e. The molecule has 0 bridgehead atoms. The Balaban J connectivity index is 1.64. The minimum Gasteiger partial charge on any atom is -0.495 e. The van der Waals surface area contributed by atoms with E-state index in [0.717, 1.165) is 0 Å². The number of nitrogens with one attached hydrogen (secondary N) is 3. The number of nitrogens with zero attached hydrogens (tertiary/aromatic N) is 2. The quantitative estimate of drug-likeness (QED) is 0.640. The molecule has 2 unspecified atom stereocenters. The number of anilines is 1. The molecule has 2 aliphatic rings. The minimum atomic E-state index is -0.893. The maximum atomic E-state index is 15.0. The van der Waals surface area contributed by atoms with Gasteiger partial charge in [-0.05, 0) is 48.7 Å². The maximum Gasteiger partial charge on any atom is 0.274 e. The highest BCUT2D eigenvalue weighted by Gasteiger charge is 2.50. The first-order valence-corrected chi connectivity index (χ1v) is 10.2. The summed E-state index contributed by atoms with van der Waals surface area (Å²) < 4.78 is 27.4. The summed E-state index contributed by atoms with van der Waals surface area (Å²) in [7, 11) is 3.32. The van der Waals surface area contributed by atoms with E-state index in [1.54, 1.807) is 29.6 Å². The highest BCUT2D eigenvalue weighted by atomic mass is 32.2. The second kappa shape index (κ2) is 8.11. The number of hydrogen-bond acceptors (Lipinski definition) is 6. The smallest absolute Gasteiger partial charge is 0.274 e. The fraction of sp³-hybridized carbons (Fsp3) is 0.350. The molecule has 2 aliphatic heterocycles. The first-order chi connectivity index (χ1) is 14.4. The highest BCUT2D eigenvalue weighted by Crippen LogP contribution is 2.43. The van der Waals surface area contributed by atoms with E-state index in [4.69, 9.17) is 14.9 Å². The number of methoxy groups -OCH3 is 1. The molecule has 0 saturated carbocycles. The summed E-state index contributed by atoms with van der Waals surface area (Å²) in [6.07, 6.45) is 2.17. The van der Waals surface area contributed by atoms with Gasteiger partial charge in [-0.25, -0.2) is 9.37 Å². The third kappa shape index (κ3) is 3.68. The van der Waals surface area contributed by atoms with Crippen LogP contribution >= 0.6 is 11.9 Å². The zero-order valence-electron chi connectivity index (χ0n) is 16.6. The predicted octanol–water partition coefficient (Wildman–Crippen LogP) is 2.58. The second-order valence-corrected chi connectivity index (χ2v) is 8.44. The first kappa shape index (κ1) is 20.4. The summed E-state index contributed by atoms with van der Waals surface area (Å²) in [6.45, 7) is 0.804. The molecule has 0 aliphatic carbocycles. The highest BCUT2D eigenvalue weighted by molar-refractivity contribution is 7.98. The van der Waals surface area contributed by atoms with Crippen molar-refractivity contribution in [3.63, 3.8) is 0 Å². The van der Waals surface area contributed by atoms with E-state index in [-0.39, 0.29) is 23.5 Å². The van der Waals surface area contributed by atoms with Crippen LogP contribution in [0.5, 0.6) is 5.75 Å². The zero-order valence-corrected chi connectivity index (χ0v) is 17.4. The van der Waals surface area contributed by atoms with E-state index >= 15 is 0 Å². The molecule has 3 heterocycles. The molecule has 2 aromatic rings. The molecule has 2 atom stereocenters. The molecule has 2 fully saturated rings. The van der Waals surface area contributed by atoms with Gasteiger partial charge < -0.3 is 20.1 Å². The molecule has 4 rings (SSSR count). The monoisotopic (exact) mass is 431 g/mol. The number of fused-ring (bicyclic) bond motifs is 1. The average molecular weight is 431 g/mol. The van der Waals surface area contributed by atoms with Crippen LogP contribution in [0.4, 0.5) is 10.1 Å². The van der Waals surface area contributed by atoms with Crippen molar-refractivity contribution >= 4 is 29.5 Å². The molecule has 1 aromatic carbocycles. The van der Waals surface area contributed by atoms with Gasteiger partial charge in [0.25, 0.3) is 5.91 Å². The minimum absolute atomic E-state index is 0.0194. The number of amides is 1. The van der Waals surface area contributed by atoms with Crippen molar-refractivity contribution in [2.75, 3.05) is 32.7 Å². The molecule has 1 amide bonds. The zero-order chi connectivity index (χ0) is 21.3. The number of guanidine groups is 1. The topological polar surface area (TPSA) is 99.6 Å². The number of pyridine rings is 1. The number of carbonyl (C=O) groups excluding carboxylic acids is 1. The van der Waals surface area contributed by atoms with Crippen LogP contribution in [0.25, 0.3) is 0 Å². The van der Waals surface area contributed by atoms with Crippen molar-refractivity contribution in [2.24, 2.45) is 0 Å². The first-order valence-electron chi connectivity index (χ1n) is 9.39. The van der Waals surface area contributed by atoms with Crippen molar-refractivity contribution in [1.82, 2.24) is 14.6 Å². The Labute approximate surface area is 177 Å². The lowest BCUT2D eigenvalue weighted by molar-refractivity contribution is 0.0269. The van der Waals surface area contributed by atoms with Crippen molar-refractivity contribution in [3.05, 3.63) is 53.6 Å². The van der Waals surface area contributed by atoms with E-state index in [1.807, 2.05) is 0 Å². The lowest BCUT2D eigenvalue weighted by Crippen LogP contribution is -2.64. The van der Waals surface area contributed by atoms with Crippen LogP contribution in [0.2, 0.25) is 0 Å². The summed E-state index contributed by atoms with van der Waals surface area (Å²) in [5.41, 5.74) is 0.117. The molecule has 3 N–H and O–H groups in total. The molecule has 158 valence electrons. The number of benzene rings is 1. The molecule has 0 radical (unpaired) electrons. The van der Waals surface area contributed by atoms with Crippen LogP contribution < -0.4 is 15.4 Å². The van der Waals surface area contributed by atoms with E-state index in [2.05, 4.69) is 15.6 Å². The van der Waals surface area contributed by atoms with Gasteiger partial charge in [-0.3, -0.25) is 14.5 Å². The van der Waals surface area contributed by atoms with Gasteiger partial charge >= 0.3 is 0 Å². The van der Waals surface area contributed by atoms with Gasteiger partial charge in [0.2, 0.25) is 5.96 Å². The van der Waals surface area contributed by atoms with Crippen LogP contribution in [-0.2, 0) is 10.3 Å². The van der Waals surface area contributed by atoms with Crippen molar-refractivity contribution in [2.45, 2.75) is 17.2 Å². The standard InChI is InChI=1S/C20H22FN5O3S/c1-26-19(22)25-20(11-29-8-7-17(20)30-26)14-9-12(3-5-15(14)21)24-18(27)16-6-4-13(28-2)10-23-16/h3-6,9-10,17H,7-8,11H2,1-2H3,(H2,22,25)(H,24,27). The van der Waals surface area contributed by atoms with Gasteiger partial charge in [-0.2, -0.15) is 0 Å². The fourth-order valence-corrected chi connectivity index (χ4v) is 4.82. The van der Waals surface area contributed by atoms with Crippen molar-refractivity contribution in [3.8, 4) is 5.75 Å². The van der Waals surface area contributed by atoms with Crippen LogP contribution in [0.3, 0.4) is 0 Å². The fourth-order valence-electron chi connectivity index (χ4n) is 3.65. The van der Waals surface area contributed by atoms with Gasteiger partial charge in [-0.15, -0.1) is 0 Å². The summed E-state index contributed by atoms with van der Waals surface area (Å²) in [6, 6.07) is 7.62. The Kier molecular flexibility index (Phi) is 5.52. The normalized spacial score (nSPS) is 23.4. The van der Waals surface area contributed by atoms with E-state index in [0.29, 0.717) is 30.0 Å². The van der Waals surface area contributed by atoms with Crippen molar-refractivity contribution in [1.29, 1.82) is 5.41 Å². The average Bonchev–Trinajstić information content (AvgIpc) is 2.76. The molecular formula is C20H22FN5O3S. The number of halogens is 1. The summed E-state index contributed by atoms with van der Waals surface area (Å²) in [5.74, 6) is -0.108. The summed E-state index contributed by atoms with van der Waals surface area (Å²) in [4.78, 5) is 16.6. The maximum absolute atomic E-state index is 15.0. The number of hydrogen-bond donors (Lipinski definition) is 3. The van der Waals surface area contributed by atoms with Gasteiger partial charge in [0, 0.05) is 24.9 Å². The van der Waals surface area contributed by atoms with Crippen LogP contribution in [0, 0.1) is 11.2 Å². The van der Waals surface area contributed by atoms with Crippen LogP contribution in [0.15, 0.2) is 36.5 Å². The van der Waals surface area contributed by atoms with Crippen LogP contribution in [0.1, 0.15) is 22.5 Å². The molecule has 0 spiro atoms. The number of carbonyl (C=O) groups is 1. The third-order valence-electron chi connectivity index (χ3n) is 5.26.